The molecule has 4 heterocycles. The molecule has 14 nitrogen and oxygen atoms in total. The van der Waals surface area contributed by atoms with E-state index in [1.807, 2.05) is 37.3 Å². The highest BCUT2D eigenvalue weighted by Crippen LogP contribution is 2.55. The van der Waals surface area contributed by atoms with E-state index in [0.717, 1.165) is 42.9 Å². The smallest absolute Gasteiger partial charge is 0.246 e. The van der Waals surface area contributed by atoms with Gasteiger partial charge in [-0.2, -0.15) is 20.7 Å². The summed E-state index contributed by atoms with van der Waals surface area (Å²) in [4.78, 5) is 46.4. The van der Waals surface area contributed by atoms with Crippen molar-refractivity contribution >= 4 is 24.2 Å². The SMILES string of the molecule is Cc1ccc(C2C(c3nc(OCC4CC(C(=O)N5N=CC[C@H]5c5cc(F)c(C)cc5F)C5CC4C5)cnc3C#N)C=NN2C(=O)C2CC(COc3cnc(C#N)cn3)C3CC2C3)cc1. The average Bonchev–Trinajstić information content (AvgIpc) is 3.96. The van der Waals surface area contributed by atoms with E-state index in [4.69, 9.17) is 24.8 Å². The Morgan fingerprint density at radius 3 is 2.05 bits per heavy atom. The van der Waals surface area contributed by atoms with E-state index in [2.05, 4.69) is 26.1 Å². The Hall–Kier alpha value is -6.68. The molecule has 6 unspecified atom stereocenters. The number of carbonyl (C=O) groups is 2. The van der Waals surface area contributed by atoms with Crippen LogP contribution >= 0.6 is 0 Å². The monoisotopic (exact) mass is 864 g/mol. The number of fused-ring (bicyclic) bond motifs is 4. The first kappa shape index (κ1) is 41.3. The molecule has 2 aromatic carbocycles. The topological polar surface area (TPSA) is 183 Å². The van der Waals surface area contributed by atoms with Crippen LogP contribution in [0.1, 0.15) is 102 Å². The maximum absolute atomic E-state index is 15.1. The Morgan fingerprint density at radius 2 is 1.41 bits per heavy atom. The van der Waals surface area contributed by atoms with Gasteiger partial charge in [0.05, 0.1) is 55.5 Å². The standard InChI is InChI=1S/C48H46F2N10O4/c1-25-3-5-27(6-4-25)46-38(20-57-60(46)48(62)36-15-32(28-12-31(36)13-28)23-63-43-21-53-34(17-51)19-55-43)45-41(18-52)54-22-44(58-45)64-24-33-14-35(30-10-29(33)11-30)47(61)59-42(7-8-56-59)37-16-39(49)26(2)9-40(37)50/h3-6,8-9,16,19-22,28-33,35-36,38,42,46H,7,10-15,23-24H2,1-2H3/t28?,29?,30?,31?,32?,33?,35?,36?,38?,42-,46?/m0/s1. The van der Waals surface area contributed by atoms with Crippen LogP contribution in [0, 0.1) is 95.5 Å². The largest absolute Gasteiger partial charge is 0.476 e. The van der Waals surface area contributed by atoms with Crippen LogP contribution in [0.4, 0.5) is 8.78 Å². The molecule has 0 radical (unpaired) electrons. The van der Waals surface area contributed by atoms with Crippen molar-refractivity contribution in [2.45, 2.75) is 76.8 Å². The third-order valence-corrected chi connectivity index (χ3v) is 14.8. The van der Waals surface area contributed by atoms with Crippen molar-refractivity contribution in [1.29, 1.82) is 10.5 Å². The van der Waals surface area contributed by atoms with Crippen LogP contribution in [0.15, 0.2) is 65.2 Å². The molecule has 64 heavy (non-hydrogen) atoms. The fourth-order valence-corrected chi connectivity index (χ4v) is 11.0. The summed E-state index contributed by atoms with van der Waals surface area (Å²) in [5.41, 5.74) is 2.89. The Morgan fingerprint density at radius 1 is 0.750 bits per heavy atom. The second kappa shape index (κ2) is 16.8. The van der Waals surface area contributed by atoms with Gasteiger partial charge in [-0.25, -0.2) is 38.7 Å². The second-order valence-corrected chi connectivity index (χ2v) is 18.4. The van der Waals surface area contributed by atoms with E-state index in [1.165, 1.54) is 36.6 Å². The van der Waals surface area contributed by atoms with Crippen molar-refractivity contribution in [3.05, 3.63) is 106 Å². The van der Waals surface area contributed by atoms with Gasteiger partial charge in [0.1, 0.15) is 23.8 Å². The molecule has 7 atom stereocenters. The maximum Gasteiger partial charge on any atom is 0.246 e. The molecule has 8 aliphatic rings. The van der Waals surface area contributed by atoms with Crippen molar-refractivity contribution < 1.29 is 27.8 Å². The lowest BCUT2D eigenvalue weighted by Crippen LogP contribution is -2.50. The lowest BCUT2D eigenvalue weighted by molar-refractivity contribution is -0.149. The predicted octanol–water partition coefficient (Wildman–Crippen LogP) is 7.30. The zero-order valence-electron chi connectivity index (χ0n) is 35.4. The minimum Gasteiger partial charge on any atom is -0.476 e. The Labute approximate surface area is 369 Å². The van der Waals surface area contributed by atoms with Crippen molar-refractivity contribution in [2.75, 3.05) is 13.2 Å². The van der Waals surface area contributed by atoms with Gasteiger partial charge in [0, 0.05) is 36.2 Å². The van der Waals surface area contributed by atoms with E-state index < -0.39 is 29.6 Å². The predicted molar refractivity (Wildman–Crippen MR) is 226 cm³/mol. The van der Waals surface area contributed by atoms with Crippen LogP contribution < -0.4 is 9.47 Å². The molecule has 0 spiro atoms. The fraction of sp³-hybridized carbons (Fsp3) is 0.458. The summed E-state index contributed by atoms with van der Waals surface area (Å²) in [7, 11) is 0. The number of hydrazone groups is 2. The van der Waals surface area contributed by atoms with Crippen molar-refractivity contribution in [3.63, 3.8) is 0 Å². The summed E-state index contributed by atoms with van der Waals surface area (Å²) >= 11 is 0. The molecule has 4 bridgehead atoms. The number of amides is 2. The average molecular weight is 865 g/mol. The number of aromatic nitrogens is 4. The third kappa shape index (κ3) is 7.52. The molecule has 0 N–H and O–H groups in total. The highest BCUT2D eigenvalue weighted by Gasteiger charge is 2.53. The minimum atomic E-state index is -0.710. The fourth-order valence-electron chi connectivity index (χ4n) is 11.0. The van der Waals surface area contributed by atoms with Crippen LogP contribution in [0.25, 0.3) is 0 Å². The van der Waals surface area contributed by atoms with Gasteiger partial charge in [0.25, 0.3) is 0 Å². The number of benzene rings is 2. The highest BCUT2D eigenvalue weighted by molar-refractivity contribution is 5.85. The molecular formula is C48H46F2N10O4. The van der Waals surface area contributed by atoms with Gasteiger partial charge in [-0.05, 0) is 111 Å². The summed E-state index contributed by atoms with van der Waals surface area (Å²) in [5, 5.41) is 31.4. The van der Waals surface area contributed by atoms with Crippen molar-refractivity contribution in [1.82, 2.24) is 30.0 Å². The first-order valence-corrected chi connectivity index (χ1v) is 22.1. The number of halogens is 2. The lowest BCUT2D eigenvalue weighted by Gasteiger charge is -2.51. The van der Waals surface area contributed by atoms with Crippen LogP contribution in [0.2, 0.25) is 0 Å². The molecule has 2 aliphatic heterocycles. The molecule has 2 amide bonds. The summed E-state index contributed by atoms with van der Waals surface area (Å²) in [6.07, 6.45) is 12.6. The first-order valence-electron chi connectivity index (χ1n) is 22.1. The first-order chi connectivity index (χ1) is 31.1. The summed E-state index contributed by atoms with van der Waals surface area (Å²) in [5.74, 6) is -0.670. The lowest BCUT2D eigenvalue weighted by atomic mass is 9.55. The summed E-state index contributed by atoms with van der Waals surface area (Å²) in [6.45, 7) is 4.15. The molecule has 12 rings (SSSR count). The van der Waals surface area contributed by atoms with Gasteiger partial charge in [-0.3, -0.25) is 9.59 Å². The molecule has 16 heteroatoms. The van der Waals surface area contributed by atoms with Gasteiger partial charge in [0.2, 0.25) is 23.6 Å². The number of carbonyl (C=O) groups excluding carboxylic acids is 2. The molecular weight excluding hydrogens is 819 g/mol. The van der Waals surface area contributed by atoms with Crippen LogP contribution in [-0.4, -0.2) is 67.4 Å². The van der Waals surface area contributed by atoms with Crippen LogP contribution in [-0.2, 0) is 9.59 Å². The Bertz CT molecular complexity index is 2620. The van der Waals surface area contributed by atoms with Crippen molar-refractivity contribution in [2.24, 2.45) is 57.5 Å². The van der Waals surface area contributed by atoms with E-state index in [-0.39, 0.29) is 82.3 Å². The number of hydrogen-bond acceptors (Lipinski definition) is 12. The van der Waals surface area contributed by atoms with E-state index in [9.17, 15) is 19.2 Å². The normalized spacial score (nSPS) is 29.6. The van der Waals surface area contributed by atoms with Crippen molar-refractivity contribution in [3.8, 4) is 23.9 Å². The van der Waals surface area contributed by atoms with Crippen LogP contribution in [0.3, 0.4) is 0 Å². The zero-order chi connectivity index (χ0) is 44.2. The Kier molecular flexibility index (Phi) is 10.8. The quantitative estimate of drug-likeness (QED) is 0.148. The maximum atomic E-state index is 15.1. The summed E-state index contributed by atoms with van der Waals surface area (Å²) < 4.78 is 42.0. The number of aryl methyl sites for hydroxylation is 2. The molecule has 6 saturated carbocycles. The number of hydrogen-bond donors (Lipinski definition) is 0. The van der Waals surface area contributed by atoms with E-state index in [1.54, 1.807) is 17.4 Å². The third-order valence-electron chi connectivity index (χ3n) is 14.8. The van der Waals surface area contributed by atoms with Gasteiger partial charge in [-0.15, -0.1) is 0 Å². The summed E-state index contributed by atoms with van der Waals surface area (Å²) in [6, 6.07) is 13.1. The Balaban J connectivity index is 0.842. The van der Waals surface area contributed by atoms with E-state index in [0.29, 0.717) is 49.3 Å². The zero-order valence-corrected chi connectivity index (χ0v) is 35.4. The second-order valence-electron chi connectivity index (χ2n) is 18.4. The number of rotatable bonds is 11. The molecule has 6 aliphatic carbocycles. The molecule has 2 aromatic heterocycles. The number of nitrogens with zero attached hydrogens (tertiary/aromatic N) is 10. The van der Waals surface area contributed by atoms with Gasteiger partial charge in [0.15, 0.2) is 11.4 Å². The van der Waals surface area contributed by atoms with E-state index >= 15 is 4.39 Å². The van der Waals surface area contributed by atoms with Gasteiger partial charge >= 0.3 is 0 Å². The molecule has 4 aromatic rings. The van der Waals surface area contributed by atoms with Gasteiger partial charge < -0.3 is 9.47 Å². The molecule has 6 fully saturated rings. The number of ether oxygens (including phenoxy) is 2. The van der Waals surface area contributed by atoms with Gasteiger partial charge in [-0.1, -0.05) is 29.8 Å². The minimum absolute atomic E-state index is 0.0211. The number of nitriles is 2. The van der Waals surface area contributed by atoms with Crippen LogP contribution in [0.5, 0.6) is 11.8 Å². The molecule has 0 saturated heterocycles. The highest BCUT2D eigenvalue weighted by atomic mass is 19.1. The molecule has 326 valence electrons.